The molecule has 2 atom stereocenters. The van der Waals surface area contributed by atoms with Gasteiger partial charge < -0.3 is 9.84 Å². The molecule has 6 heteroatoms. The molecule has 3 rings (SSSR count). The van der Waals surface area contributed by atoms with E-state index < -0.39 is 18.2 Å². The molecule has 20 heavy (non-hydrogen) atoms. The van der Waals surface area contributed by atoms with E-state index in [1.165, 1.54) is 17.0 Å². The first-order valence-electron chi connectivity index (χ1n) is 6.39. The second kappa shape index (κ2) is 4.72. The largest absolute Gasteiger partial charge is 0.478 e. The Balaban J connectivity index is 1.83. The third kappa shape index (κ3) is 2.08. The van der Waals surface area contributed by atoms with Crippen molar-refractivity contribution >= 4 is 17.8 Å². The Morgan fingerprint density at radius 1 is 1.25 bits per heavy atom. The van der Waals surface area contributed by atoms with E-state index in [9.17, 15) is 14.4 Å². The van der Waals surface area contributed by atoms with Gasteiger partial charge in [-0.05, 0) is 30.5 Å². The van der Waals surface area contributed by atoms with Gasteiger partial charge in [0.05, 0.1) is 12.1 Å². The number of hydrogen-bond acceptors (Lipinski definition) is 4. The van der Waals surface area contributed by atoms with Gasteiger partial charge >= 0.3 is 5.97 Å². The van der Waals surface area contributed by atoms with Crippen LogP contribution in [0, 0.1) is 0 Å². The van der Waals surface area contributed by atoms with Gasteiger partial charge in [0.1, 0.15) is 12.2 Å². The summed E-state index contributed by atoms with van der Waals surface area (Å²) in [5.41, 5.74) is 0.756. The highest BCUT2D eigenvalue weighted by atomic mass is 16.5. The van der Waals surface area contributed by atoms with Gasteiger partial charge in [0, 0.05) is 0 Å². The maximum absolute atomic E-state index is 12.1. The highest BCUT2D eigenvalue weighted by molar-refractivity contribution is 6.02. The number of carboxylic acid groups (broad SMARTS) is 1. The van der Waals surface area contributed by atoms with E-state index >= 15 is 0 Å². The van der Waals surface area contributed by atoms with E-state index in [1.807, 2.05) is 0 Å². The molecule has 0 aromatic heterocycles. The molecule has 2 fully saturated rings. The van der Waals surface area contributed by atoms with Gasteiger partial charge in [-0.15, -0.1) is 0 Å². The molecule has 0 spiro atoms. The summed E-state index contributed by atoms with van der Waals surface area (Å²) in [6.45, 7) is 0.0924. The van der Waals surface area contributed by atoms with E-state index in [4.69, 9.17) is 9.84 Å². The molecule has 104 valence electrons. The van der Waals surface area contributed by atoms with Crippen LogP contribution in [0.4, 0.5) is 0 Å². The number of carbonyl (C=O) groups is 3. The Labute approximate surface area is 114 Å². The van der Waals surface area contributed by atoms with Crippen LogP contribution < -0.4 is 0 Å². The van der Waals surface area contributed by atoms with Crippen molar-refractivity contribution in [1.82, 2.24) is 4.90 Å². The maximum Gasteiger partial charge on any atom is 0.335 e. The topological polar surface area (TPSA) is 83.9 Å². The number of imide groups is 1. The number of nitrogens with zero attached hydrogens (tertiary/aromatic N) is 1. The molecule has 2 aliphatic rings. The monoisotopic (exact) mass is 275 g/mol. The van der Waals surface area contributed by atoms with Crippen molar-refractivity contribution in [3.05, 3.63) is 35.4 Å². The molecule has 2 aliphatic heterocycles. The first-order valence-corrected chi connectivity index (χ1v) is 6.39. The molecule has 2 heterocycles. The van der Waals surface area contributed by atoms with Crippen molar-refractivity contribution in [2.24, 2.45) is 0 Å². The standard InChI is InChI=1S/C14H13NO5/c16-12-10-4-5-11(20-10)13(17)15(12)7-8-2-1-3-9(6-8)14(18)19/h1-3,6,10-11H,4-5,7H2,(H,18,19). The average Bonchev–Trinajstić information content (AvgIpc) is 2.89. The second-order valence-electron chi connectivity index (χ2n) is 4.96. The molecule has 1 N–H and O–H groups in total. The predicted octanol–water partition coefficient (Wildman–Crippen LogP) is 0.801. The van der Waals surface area contributed by atoms with Crippen molar-refractivity contribution in [2.45, 2.75) is 31.6 Å². The lowest BCUT2D eigenvalue weighted by molar-refractivity contribution is -0.169. The molecule has 0 aliphatic carbocycles. The minimum Gasteiger partial charge on any atom is -0.478 e. The lowest BCUT2D eigenvalue weighted by Gasteiger charge is -2.29. The third-order valence-electron chi connectivity index (χ3n) is 3.62. The minimum atomic E-state index is -1.04. The van der Waals surface area contributed by atoms with Crippen LogP contribution in [0.15, 0.2) is 24.3 Å². The van der Waals surface area contributed by atoms with E-state index in [1.54, 1.807) is 12.1 Å². The number of rotatable bonds is 3. The van der Waals surface area contributed by atoms with Crippen molar-refractivity contribution in [2.75, 3.05) is 0 Å². The maximum atomic E-state index is 12.1. The predicted molar refractivity (Wildman–Crippen MR) is 66.9 cm³/mol. The zero-order chi connectivity index (χ0) is 14.3. The second-order valence-corrected chi connectivity index (χ2v) is 4.96. The fraction of sp³-hybridized carbons (Fsp3) is 0.357. The van der Waals surface area contributed by atoms with Crippen LogP contribution in [0.3, 0.4) is 0 Å². The number of aromatic carboxylic acids is 1. The first-order chi connectivity index (χ1) is 9.56. The molecule has 2 bridgehead atoms. The SMILES string of the molecule is O=C(O)c1cccc(CN2C(=O)C3CCC(O3)C2=O)c1. The van der Waals surface area contributed by atoms with Crippen LogP contribution in [0.25, 0.3) is 0 Å². The molecule has 6 nitrogen and oxygen atoms in total. The zero-order valence-corrected chi connectivity index (χ0v) is 10.6. The van der Waals surface area contributed by atoms with Gasteiger partial charge in [-0.1, -0.05) is 12.1 Å². The summed E-state index contributed by atoms with van der Waals surface area (Å²) in [5.74, 6) is -1.69. The summed E-state index contributed by atoms with van der Waals surface area (Å²) in [6.07, 6.45) is 0.0858. The van der Waals surface area contributed by atoms with E-state index in [2.05, 4.69) is 0 Å². The van der Waals surface area contributed by atoms with E-state index in [0.29, 0.717) is 18.4 Å². The summed E-state index contributed by atoms with van der Waals surface area (Å²) in [7, 11) is 0. The Kier molecular flexibility index (Phi) is 3.02. The average molecular weight is 275 g/mol. The quantitative estimate of drug-likeness (QED) is 0.825. The van der Waals surface area contributed by atoms with Gasteiger partial charge in [-0.3, -0.25) is 14.5 Å². The van der Waals surface area contributed by atoms with Crippen LogP contribution in [-0.2, 0) is 20.9 Å². The number of fused-ring (bicyclic) bond motifs is 2. The number of likely N-dealkylation sites (tertiary alicyclic amines) is 1. The summed E-state index contributed by atoms with van der Waals surface area (Å²) >= 11 is 0. The van der Waals surface area contributed by atoms with Gasteiger partial charge in [0.2, 0.25) is 0 Å². The van der Waals surface area contributed by atoms with Gasteiger partial charge in [0.15, 0.2) is 0 Å². The molecule has 1 aromatic carbocycles. The lowest BCUT2D eigenvalue weighted by atomic mass is 10.1. The number of morpholine rings is 1. The van der Waals surface area contributed by atoms with E-state index in [-0.39, 0.29) is 23.9 Å². The first kappa shape index (κ1) is 12.8. The number of hydrogen-bond donors (Lipinski definition) is 1. The molecule has 0 radical (unpaired) electrons. The molecule has 1 aromatic rings. The number of ether oxygens (including phenoxy) is 1. The number of carboxylic acids is 1. The van der Waals surface area contributed by atoms with Crippen LogP contribution in [0.2, 0.25) is 0 Å². The van der Waals surface area contributed by atoms with Crippen molar-refractivity contribution in [3.8, 4) is 0 Å². The normalized spacial score (nSPS) is 25.1. The number of benzene rings is 1. The number of amides is 2. The van der Waals surface area contributed by atoms with Gasteiger partial charge in [-0.25, -0.2) is 4.79 Å². The smallest absolute Gasteiger partial charge is 0.335 e. The fourth-order valence-corrected chi connectivity index (χ4v) is 2.60. The fourth-order valence-electron chi connectivity index (χ4n) is 2.60. The van der Waals surface area contributed by atoms with Gasteiger partial charge in [-0.2, -0.15) is 0 Å². The highest BCUT2D eigenvalue weighted by Crippen LogP contribution is 2.29. The summed E-state index contributed by atoms with van der Waals surface area (Å²) in [4.78, 5) is 36.3. The highest BCUT2D eigenvalue weighted by Gasteiger charge is 2.46. The van der Waals surface area contributed by atoms with E-state index in [0.717, 1.165) is 0 Å². The lowest BCUT2D eigenvalue weighted by Crippen LogP contribution is -2.51. The Morgan fingerprint density at radius 2 is 1.90 bits per heavy atom. The minimum absolute atomic E-state index is 0.0924. The molecule has 0 saturated carbocycles. The molecule has 2 saturated heterocycles. The molecular weight excluding hydrogens is 262 g/mol. The van der Waals surface area contributed by atoms with Crippen LogP contribution in [0.5, 0.6) is 0 Å². The van der Waals surface area contributed by atoms with Crippen molar-refractivity contribution in [3.63, 3.8) is 0 Å². The van der Waals surface area contributed by atoms with Crippen molar-refractivity contribution in [1.29, 1.82) is 0 Å². The molecule has 2 amide bonds. The molecule has 2 unspecified atom stereocenters. The van der Waals surface area contributed by atoms with Crippen molar-refractivity contribution < 1.29 is 24.2 Å². The molecular formula is C14H13NO5. The van der Waals surface area contributed by atoms with Crippen LogP contribution in [-0.4, -0.2) is 40.0 Å². The Morgan fingerprint density at radius 3 is 2.50 bits per heavy atom. The summed E-state index contributed by atoms with van der Waals surface area (Å²) < 4.78 is 5.32. The van der Waals surface area contributed by atoms with Crippen LogP contribution >= 0.6 is 0 Å². The third-order valence-corrected chi connectivity index (χ3v) is 3.62. The summed E-state index contributed by atoms with van der Waals surface area (Å²) in [5, 5.41) is 8.95. The zero-order valence-electron chi connectivity index (χ0n) is 10.6. The Bertz CT molecular complexity index is 575. The summed E-state index contributed by atoms with van der Waals surface area (Å²) in [6, 6.07) is 6.24. The van der Waals surface area contributed by atoms with Gasteiger partial charge in [0.25, 0.3) is 11.8 Å². The Hall–Kier alpha value is -2.21. The number of carbonyl (C=O) groups excluding carboxylic acids is 2. The van der Waals surface area contributed by atoms with Crippen LogP contribution in [0.1, 0.15) is 28.8 Å².